The van der Waals surface area contributed by atoms with Gasteiger partial charge in [-0.3, -0.25) is 0 Å². The van der Waals surface area contributed by atoms with Gasteiger partial charge in [-0.1, -0.05) is 48.6 Å². The van der Waals surface area contributed by atoms with Crippen molar-refractivity contribution in [1.29, 1.82) is 0 Å². The van der Waals surface area contributed by atoms with E-state index in [-0.39, 0.29) is 0 Å². The van der Waals surface area contributed by atoms with Gasteiger partial charge in [0.15, 0.2) is 0 Å². The first-order chi connectivity index (χ1) is 8.88. The summed E-state index contributed by atoms with van der Waals surface area (Å²) in [6.07, 6.45) is 11.7. The fraction of sp³-hybridized carbons (Fsp3) is 0.412. The Kier molecular flexibility index (Phi) is 5.22. The van der Waals surface area contributed by atoms with Crippen molar-refractivity contribution in [1.82, 2.24) is 5.32 Å². The molecule has 0 atom stereocenters. The average Bonchev–Trinajstić information content (AvgIpc) is 2.45. The van der Waals surface area contributed by atoms with Gasteiger partial charge in [0, 0.05) is 12.6 Å². The smallest absolute Gasteiger partial charge is 0.0140 e. The molecule has 1 aromatic rings. The summed E-state index contributed by atoms with van der Waals surface area (Å²) in [5.74, 6) is 0.753. The maximum absolute atomic E-state index is 3.89. The molecule has 1 aliphatic carbocycles. The molecule has 0 heterocycles. The largest absolute Gasteiger partial charge is 0.311 e. The number of nitrogens with one attached hydrogen (secondary N) is 1. The van der Waals surface area contributed by atoms with E-state index in [1.54, 1.807) is 0 Å². The lowest BCUT2D eigenvalue weighted by Crippen LogP contribution is -2.32. The minimum absolute atomic E-state index is 0.696. The molecule has 18 heavy (non-hydrogen) atoms. The molecule has 0 aromatic heterocycles. The molecule has 1 aromatic carbocycles. The number of allylic oxidation sites excluding steroid dienone is 1. The summed E-state index contributed by atoms with van der Waals surface area (Å²) >= 11 is 0. The highest BCUT2D eigenvalue weighted by Gasteiger charge is 2.17. The maximum Gasteiger partial charge on any atom is 0.0140 e. The third kappa shape index (κ3) is 4.15. The first-order valence-corrected chi connectivity index (χ1v) is 6.96. The molecule has 1 heteroatoms. The van der Waals surface area contributed by atoms with E-state index in [1.165, 1.54) is 31.2 Å². The van der Waals surface area contributed by atoms with E-state index in [0.717, 1.165) is 12.5 Å². The van der Waals surface area contributed by atoms with Gasteiger partial charge in [0.2, 0.25) is 0 Å². The molecule has 0 radical (unpaired) electrons. The van der Waals surface area contributed by atoms with Crippen molar-refractivity contribution >= 4 is 6.08 Å². The summed E-state index contributed by atoms with van der Waals surface area (Å²) in [5, 5.41) is 3.62. The van der Waals surface area contributed by atoms with Crippen LogP contribution >= 0.6 is 0 Å². The highest BCUT2D eigenvalue weighted by Crippen LogP contribution is 2.24. The molecule has 1 N–H and O–H groups in total. The van der Waals surface area contributed by atoms with E-state index >= 15 is 0 Å². The third-order valence-corrected chi connectivity index (χ3v) is 3.74. The van der Waals surface area contributed by atoms with Crippen LogP contribution < -0.4 is 5.32 Å². The topological polar surface area (TPSA) is 12.0 Å². The van der Waals surface area contributed by atoms with E-state index < -0.39 is 0 Å². The zero-order chi connectivity index (χ0) is 12.6. The second-order valence-corrected chi connectivity index (χ2v) is 5.07. The molecule has 0 amide bonds. The quantitative estimate of drug-likeness (QED) is 0.767. The summed E-state index contributed by atoms with van der Waals surface area (Å²) < 4.78 is 0. The van der Waals surface area contributed by atoms with Crippen LogP contribution in [-0.2, 0) is 0 Å². The molecule has 2 rings (SSSR count). The molecule has 96 valence electrons. The summed E-state index contributed by atoms with van der Waals surface area (Å²) in [4.78, 5) is 0. The summed E-state index contributed by atoms with van der Waals surface area (Å²) in [6, 6.07) is 11.2. The Bertz CT molecular complexity index is 372. The van der Waals surface area contributed by atoms with E-state index in [9.17, 15) is 0 Å². The van der Waals surface area contributed by atoms with E-state index in [2.05, 4.69) is 54.4 Å². The number of hydrogen-bond donors (Lipinski definition) is 1. The first kappa shape index (κ1) is 13.1. The predicted molar refractivity (Wildman–Crippen MR) is 79.4 cm³/mol. The number of hydrogen-bond acceptors (Lipinski definition) is 1. The third-order valence-electron chi connectivity index (χ3n) is 3.74. The van der Waals surface area contributed by atoms with Crippen molar-refractivity contribution in [2.75, 3.05) is 6.54 Å². The van der Waals surface area contributed by atoms with E-state index in [4.69, 9.17) is 0 Å². The molecule has 1 nitrogen and oxygen atoms in total. The van der Waals surface area contributed by atoms with Crippen molar-refractivity contribution in [2.24, 2.45) is 5.92 Å². The SMILES string of the molecule is C=CC1CCC(NC/C=C/c2ccccc2)CC1. The lowest BCUT2D eigenvalue weighted by atomic mass is 9.86. The van der Waals surface area contributed by atoms with Crippen molar-refractivity contribution in [3.63, 3.8) is 0 Å². The molecule has 0 bridgehead atoms. The van der Waals surface area contributed by atoms with Crippen LogP contribution in [0.25, 0.3) is 6.08 Å². The van der Waals surface area contributed by atoms with Crippen LogP contribution in [0, 0.1) is 5.92 Å². The van der Waals surface area contributed by atoms with E-state index in [1.807, 2.05) is 6.07 Å². The standard InChI is InChI=1S/C17H23N/c1-2-15-10-12-17(13-11-15)18-14-6-9-16-7-4-3-5-8-16/h2-9,15,17-18H,1,10-14H2/b9-6+. The number of rotatable bonds is 5. The second-order valence-electron chi connectivity index (χ2n) is 5.07. The van der Waals surface area contributed by atoms with E-state index in [0.29, 0.717) is 6.04 Å². The lowest BCUT2D eigenvalue weighted by molar-refractivity contribution is 0.336. The lowest BCUT2D eigenvalue weighted by Gasteiger charge is -2.27. The molecule has 1 saturated carbocycles. The van der Waals surface area contributed by atoms with Gasteiger partial charge in [-0.15, -0.1) is 6.58 Å². The molecule has 0 spiro atoms. The zero-order valence-corrected chi connectivity index (χ0v) is 11.0. The number of benzene rings is 1. The summed E-state index contributed by atoms with van der Waals surface area (Å²) in [7, 11) is 0. The van der Waals surface area contributed by atoms with Gasteiger partial charge in [0.1, 0.15) is 0 Å². The van der Waals surface area contributed by atoms with Crippen LogP contribution in [0.2, 0.25) is 0 Å². The Morgan fingerprint density at radius 3 is 2.50 bits per heavy atom. The molecule has 0 unspecified atom stereocenters. The van der Waals surface area contributed by atoms with Crippen molar-refractivity contribution in [2.45, 2.75) is 31.7 Å². The normalized spacial score (nSPS) is 24.2. The molecule has 1 fully saturated rings. The van der Waals surface area contributed by atoms with Gasteiger partial charge in [0.05, 0.1) is 0 Å². The minimum Gasteiger partial charge on any atom is -0.311 e. The van der Waals surface area contributed by atoms with Crippen molar-refractivity contribution in [3.05, 3.63) is 54.6 Å². The van der Waals surface area contributed by atoms with Gasteiger partial charge in [-0.05, 0) is 37.2 Å². The fourth-order valence-corrected chi connectivity index (χ4v) is 2.55. The van der Waals surface area contributed by atoms with Crippen LogP contribution in [-0.4, -0.2) is 12.6 Å². The molecular weight excluding hydrogens is 218 g/mol. The average molecular weight is 241 g/mol. The summed E-state index contributed by atoms with van der Waals surface area (Å²) in [5.41, 5.74) is 1.27. The molecule has 1 aliphatic rings. The van der Waals surface area contributed by atoms with Crippen LogP contribution in [0.3, 0.4) is 0 Å². The Morgan fingerprint density at radius 1 is 1.11 bits per heavy atom. The Morgan fingerprint density at radius 2 is 1.83 bits per heavy atom. The van der Waals surface area contributed by atoms with Gasteiger partial charge < -0.3 is 5.32 Å². The van der Waals surface area contributed by atoms with Crippen molar-refractivity contribution in [3.8, 4) is 0 Å². The molecule has 0 saturated heterocycles. The zero-order valence-electron chi connectivity index (χ0n) is 11.0. The van der Waals surface area contributed by atoms with Crippen LogP contribution in [0.15, 0.2) is 49.1 Å². The molecule has 0 aliphatic heterocycles. The van der Waals surface area contributed by atoms with Crippen LogP contribution in [0.1, 0.15) is 31.2 Å². The maximum atomic E-state index is 3.89. The monoisotopic (exact) mass is 241 g/mol. The fourth-order valence-electron chi connectivity index (χ4n) is 2.55. The van der Waals surface area contributed by atoms with Gasteiger partial charge in [-0.2, -0.15) is 0 Å². The Hall–Kier alpha value is -1.34. The first-order valence-electron chi connectivity index (χ1n) is 6.96. The van der Waals surface area contributed by atoms with Gasteiger partial charge in [0.25, 0.3) is 0 Å². The highest BCUT2D eigenvalue weighted by molar-refractivity contribution is 5.48. The Labute approximate surface area is 111 Å². The predicted octanol–water partition coefficient (Wildman–Crippen LogP) is 4.03. The van der Waals surface area contributed by atoms with Gasteiger partial charge in [-0.25, -0.2) is 0 Å². The van der Waals surface area contributed by atoms with Crippen LogP contribution in [0.5, 0.6) is 0 Å². The highest BCUT2D eigenvalue weighted by atomic mass is 14.9. The van der Waals surface area contributed by atoms with Crippen molar-refractivity contribution < 1.29 is 0 Å². The second kappa shape index (κ2) is 7.17. The Balaban J connectivity index is 1.67. The minimum atomic E-state index is 0.696. The van der Waals surface area contributed by atoms with Crippen LogP contribution in [0.4, 0.5) is 0 Å². The van der Waals surface area contributed by atoms with Gasteiger partial charge >= 0.3 is 0 Å². The molecular formula is C17H23N. The summed E-state index contributed by atoms with van der Waals surface area (Å²) in [6.45, 7) is 4.86.